The Kier molecular flexibility index (Phi) is 7.42. The number of nitrogens with zero attached hydrogens (tertiary/aromatic N) is 4. The van der Waals surface area contributed by atoms with E-state index in [0.717, 1.165) is 59.4 Å². The molecule has 1 saturated carbocycles. The molecular formula is C30H34N6O3. The quantitative estimate of drug-likeness (QED) is 0.343. The number of carbonyl (C=O) groups excluding carboxylic acids is 1. The third-order valence-corrected chi connectivity index (χ3v) is 7.70. The number of aromatic nitrogens is 3. The van der Waals surface area contributed by atoms with Crippen molar-refractivity contribution in [1.82, 2.24) is 24.8 Å². The van der Waals surface area contributed by atoms with Crippen molar-refractivity contribution in [3.05, 3.63) is 72.7 Å². The van der Waals surface area contributed by atoms with Crippen LogP contribution in [0, 0.1) is 5.92 Å². The number of ether oxygens (including phenoxy) is 2. The summed E-state index contributed by atoms with van der Waals surface area (Å²) in [7, 11) is 0. The zero-order valence-electron chi connectivity index (χ0n) is 22.0. The highest BCUT2D eigenvalue weighted by Crippen LogP contribution is 2.43. The number of amides is 1. The van der Waals surface area contributed by atoms with Gasteiger partial charge >= 0.3 is 0 Å². The molecule has 2 aromatic carbocycles. The van der Waals surface area contributed by atoms with Gasteiger partial charge in [0.2, 0.25) is 5.91 Å². The van der Waals surface area contributed by atoms with Gasteiger partial charge in [0.15, 0.2) is 0 Å². The molecule has 1 aliphatic carbocycles. The molecule has 2 aromatic heterocycles. The van der Waals surface area contributed by atoms with Crippen molar-refractivity contribution >= 4 is 22.8 Å². The van der Waals surface area contributed by atoms with Gasteiger partial charge in [-0.3, -0.25) is 9.69 Å². The summed E-state index contributed by atoms with van der Waals surface area (Å²) < 4.78 is 13.7. The topological polar surface area (TPSA) is 108 Å². The summed E-state index contributed by atoms with van der Waals surface area (Å²) in [6.45, 7) is 4.67. The van der Waals surface area contributed by atoms with E-state index in [9.17, 15) is 4.79 Å². The number of fused-ring (bicyclic) bond motifs is 1. The summed E-state index contributed by atoms with van der Waals surface area (Å²) in [6.07, 6.45) is 5.62. The zero-order valence-corrected chi connectivity index (χ0v) is 22.0. The largest absolute Gasteiger partial charge is 0.489 e. The molecule has 1 amide bonds. The summed E-state index contributed by atoms with van der Waals surface area (Å²) in [5, 5.41) is 3.98. The minimum Gasteiger partial charge on any atom is -0.489 e. The predicted molar refractivity (Wildman–Crippen MR) is 150 cm³/mol. The fraction of sp³-hybridized carbons (Fsp3) is 0.367. The molecule has 3 heterocycles. The van der Waals surface area contributed by atoms with E-state index in [2.05, 4.69) is 49.1 Å². The highest BCUT2D eigenvalue weighted by molar-refractivity contribution is 6.00. The monoisotopic (exact) mass is 526 g/mol. The Morgan fingerprint density at radius 2 is 1.90 bits per heavy atom. The minimum atomic E-state index is 0.0870. The molecule has 1 saturated heterocycles. The lowest BCUT2D eigenvalue weighted by atomic mass is 9.80. The zero-order chi connectivity index (χ0) is 26.6. The van der Waals surface area contributed by atoms with Crippen LogP contribution in [0.4, 0.5) is 5.82 Å². The number of benzene rings is 2. The maximum absolute atomic E-state index is 12.4. The molecule has 202 valence electrons. The number of rotatable bonds is 9. The first-order chi connectivity index (χ1) is 19.1. The molecule has 2 aliphatic rings. The van der Waals surface area contributed by atoms with Gasteiger partial charge in [0.25, 0.3) is 0 Å². The molecule has 0 unspecified atom stereocenters. The molecule has 0 bridgehead atoms. The van der Waals surface area contributed by atoms with Crippen LogP contribution < -0.4 is 15.8 Å². The van der Waals surface area contributed by atoms with E-state index in [1.807, 2.05) is 36.4 Å². The van der Waals surface area contributed by atoms with Crippen molar-refractivity contribution in [2.75, 3.05) is 45.1 Å². The van der Waals surface area contributed by atoms with Crippen LogP contribution in [0.25, 0.3) is 22.2 Å². The molecule has 39 heavy (non-hydrogen) atoms. The molecular weight excluding hydrogens is 492 g/mol. The van der Waals surface area contributed by atoms with Crippen molar-refractivity contribution < 1.29 is 14.3 Å². The number of hydrogen-bond acceptors (Lipinski definition) is 7. The lowest BCUT2D eigenvalue weighted by Crippen LogP contribution is -2.45. The summed E-state index contributed by atoms with van der Waals surface area (Å²) in [5.41, 5.74) is 10.3. The highest BCUT2D eigenvalue weighted by atomic mass is 16.5. The van der Waals surface area contributed by atoms with Crippen LogP contribution in [0.3, 0.4) is 0 Å². The minimum absolute atomic E-state index is 0.0870. The lowest BCUT2D eigenvalue weighted by molar-refractivity contribution is -0.123. The van der Waals surface area contributed by atoms with Crippen LogP contribution in [0.1, 0.15) is 24.4 Å². The van der Waals surface area contributed by atoms with Crippen LogP contribution in [0.2, 0.25) is 0 Å². The third kappa shape index (κ3) is 5.74. The average Bonchev–Trinajstić information content (AvgIpc) is 3.33. The Labute approximate surface area is 227 Å². The number of carbonyl (C=O) groups is 1. The summed E-state index contributed by atoms with van der Waals surface area (Å²) in [6, 6.07) is 18.5. The molecule has 9 heteroatoms. The normalized spacial score (nSPS) is 19.5. The lowest BCUT2D eigenvalue weighted by Gasteiger charge is -2.37. The van der Waals surface area contributed by atoms with Gasteiger partial charge in [0.1, 0.15) is 30.1 Å². The van der Waals surface area contributed by atoms with E-state index in [1.165, 1.54) is 6.33 Å². The van der Waals surface area contributed by atoms with E-state index in [4.69, 9.17) is 15.2 Å². The summed E-state index contributed by atoms with van der Waals surface area (Å²) in [5.74, 6) is 1.79. The van der Waals surface area contributed by atoms with Crippen LogP contribution in [-0.4, -0.2) is 64.7 Å². The average molecular weight is 527 g/mol. The molecule has 0 radical (unpaired) electrons. The Morgan fingerprint density at radius 3 is 2.72 bits per heavy atom. The summed E-state index contributed by atoms with van der Waals surface area (Å²) in [4.78, 5) is 23.4. The second kappa shape index (κ2) is 11.4. The summed E-state index contributed by atoms with van der Waals surface area (Å²) >= 11 is 0. The molecule has 3 N–H and O–H groups in total. The van der Waals surface area contributed by atoms with Crippen molar-refractivity contribution in [1.29, 1.82) is 0 Å². The van der Waals surface area contributed by atoms with Gasteiger partial charge in [-0.15, -0.1) is 0 Å². The van der Waals surface area contributed by atoms with Crippen LogP contribution in [0.15, 0.2) is 67.1 Å². The van der Waals surface area contributed by atoms with E-state index in [1.54, 1.807) is 0 Å². The maximum Gasteiger partial charge on any atom is 0.234 e. The van der Waals surface area contributed by atoms with Crippen molar-refractivity contribution in [2.45, 2.75) is 25.5 Å². The molecule has 0 spiro atoms. The molecule has 0 atom stereocenters. The standard InChI is InChI=1S/C30H34N6O3/c31-29-28-26(23-7-4-8-25(15-23)39-19-21-5-2-1-3-6-21)17-36(30(28)34-20-33-29)24-13-22(14-24)16-32-27(37)18-35-9-11-38-12-10-35/h1-8,15,17,20,22,24H,9-14,16,18-19H2,(H,32,37)(H2,31,33,34)/t22-,24+. The fourth-order valence-electron chi connectivity index (χ4n) is 5.47. The molecule has 1 aliphatic heterocycles. The van der Waals surface area contributed by atoms with E-state index in [-0.39, 0.29) is 5.91 Å². The fourth-order valence-corrected chi connectivity index (χ4v) is 5.47. The van der Waals surface area contributed by atoms with Gasteiger partial charge in [-0.1, -0.05) is 42.5 Å². The van der Waals surface area contributed by atoms with Crippen LogP contribution >= 0.6 is 0 Å². The molecule has 6 rings (SSSR count). The number of nitrogens with two attached hydrogens (primary N) is 1. The maximum atomic E-state index is 12.4. The Bertz CT molecular complexity index is 1430. The number of nitrogens with one attached hydrogen (secondary N) is 1. The van der Waals surface area contributed by atoms with Gasteiger partial charge in [-0.2, -0.15) is 0 Å². The van der Waals surface area contributed by atoms with Crippen molar-refractivity contribution in [2.24, 2.45) is 5.92 Å². The first-order valence-electron chi connectivity index (χ1n) is 13.6. The van der Waals surface area contributed by atoms with Gasteiger partial charge < -0.3 is 25.1 Å². The molecule has 4 aromatic rings. The van der Waals surface area contributed by atoms with E-state index < -0.39 is 0 Å². The van der Waals surface area contributed by atoms with Gasteiger partial charge in [-0.25, -0.2) is 9.97 Å². The van der Waals surface area contributed by atoms with Gasteiger partial charge in [0.05, 0.1) is 25.1 Å². The second-order valence-corrected chi connectivity index (χ2v) is 10.4. The van der Waals surface area contributed by atoms with E-state index >= 15 is 0 Å². The SMILES string of the molecule is Nc1ncnc2c1c(-c1cccc(OCc3ccccc3)c1)cn2[C@H]1C[C@@H](CNC(=O)CN2CCOCC2)C1. The smallest absolute Gasteiger partial charge is 0.234 e. The van der Waals surface area contributed by atoms with Gasteiger partial charge in [-0.05, 0) is 42.0 Å². The predicted octanol–water partition coefficient (Wildman–Crippen LogP) is 3.66. The van der Waals surface area contributed by atoms with Crippen LogP contribution in [0.5, 0.6) is 5.75 Å². The molecule has 9 nitrogen and oxygen atoms in total. The van der Waals surface area contributed by atoms with E-state index in [0.29, 0.717) is 50.7 Å². The van der Waals surface area contributed by atoms with Crippen molar-refractivity contribution in [3.63, 3.8) is 0 Å². The Hall–Kier alpha value is -3.95. The Balaban J connectivity index is 1.13. The third-order valence-electron chi connectivity index (χ3n) is 7.70. The number of morpholine rings is 1. The van der Waals surface area contributed by atoms with Crippen LogP contribution in [-0.2, 0) is 16.1 Å². The van der Waals surface area contributed by atoms with Gasteiger partial charge in [0, 0.05) is 37.4 Å². The number of anilines is 1. The highest BCUT2D eigenvalue weighted by Gasteiger charge is 2.33. The second-order valence-electron chi connectivity index (χ2n) is 10.4. The Morgan fingerprint density at radius 1 is 1.08 bits per heavy atom. The first-order valence-corrected chi connectivity index (χ1v) is 13.6. The number of hydrogen-bond donors (Lipinski definition) is 2. The first kappa shape index (κ1) is 25.3. The number of nitrogen functional groups attached to an aromatic ring is 1. The molecule has 2 fully saturated rings. The van der Waals surface area contributed by atoms with Crippen molar-refractivity contribution in [3.8, 4) is 16.9 Å².